The van der Waals surface area contributed by atoms with E-state index < -0.39 is 0 Å². The molecule has 0 atom stereocenters. The van der Waals surface area contributed by atoms with Gasteiger partial charge in [-0.1, -0.05) is 12.1 Å². The van der Waals surface area contributed by atoms with Crippen LogP contribution in [0.5, 0.6) is 11.5 Å². The van der Waals surface area contributed by atoms with E-state index in [2.05, 4.69) is 35.2 Å². The van der Waals surface area contributed by atoms with Crippen molar-refractivity contribution in [2.45, 2.75) is 25.3 Å². The smallest absolute Gasteiger partial charge is 0.123 e. The largest absolute Gasteiger partial charge is 0.497 e. The zero-order valence-corrected chi connectivity index (χ0v) is 16.1. The first-order valence-corrected chi connectivity index (χ1v) is 9.87. The van der Waals surface area contributed by atoms with Crippen LogP contribution < -0.4 is 9.47 Å². The van der Waals surface area contributed by atoms with E-state index in [9.17, 15) is 0 Å². The van der Waals surface area contributed by atoms with Crippen LogP contribution in [0.2, 0.25) is 0 Å². The maximum atomic E-state index is 5.52. The quantitative estimate of drug-likeness (QED) is 0.654. The predicted octanol–water partition coefficient (Wildman–Crippen LogP) is 4.69. The zero-order valence-electron chi connectivity index (χ0n) is 15.3. The lowest BCUT2D eigenvalue weighted by Gasteiger charge is -2.31. The third-order valence-electron chi connectivity index (χ3n) is 5.13. The van der Waals surface area contributed by atoms with Crippen LogP contribution in [0.3, 0.4) is 0 Å². The molecule has 4 nitrogen and oxygen atoms in total. The normalized spacial score (nSPS) is 16.1. The Kier molecular flexibility index (Phi) is 5.09. The van der Waals surface area contributed by atoms with E-state index in [1.807, 2.05) is 23.5 Å². The second-order valence-corrected chi connectivity index (χ2v) is 7.81. The number of aromatic nitrogens is 1. The second kappa shape index (κ2) is 7.64. The lowest BCUT2D eigenvalue weighted by atomic mass is 9.97. The third-order valence-corrected chi connectivity index (χ3v) is 6.33. The van der Waals surface area contributed by atoms with Gasteiger partial charge in [-0.25, -0.2) is 4.98 Å². The molecule has 1 aromatic heterocycles. The van der Waals surface area contributed by atoms with Gasteiger partial charge in [-0.15, -0.1) is 11.3 Å². The molecule has 136 valence electrons. The average molecular weight is 369 g/mol. The molecule has 0 radical (unpaired) electrons. The van der Waals surface area contributed by atoms with E-state index in [0.29, 0.717) is 5.92 Å². The molecule has 4 rings (SSSR count). The monoisotopic (exact) mass is 368 g/mol. The SMILES string of the molecule is COc1ccc(OC)c(CN2CCC(c3nc4ccccc4s3)CC2)c1. The number of fused-ring (bicyclic) bond motifs is 1. The van der Waals surface area contributed by atoms with Crippen molar-refractivity contribution in [1.82, 2.24) is 9.88 Å². The van der Waals surface area contributed by atoms with Gasteiger partial charge >= 0.3 is 0 Å². The lowest BCUT2D eigenvalue weighted by Crippen LogP contribution is -2.32. The lowest BCUT2D eigenvalue weighted by molar-refractivity contribution is 0.202. The average Bonchev–Trinajstić information content (AvgIpc) is 3.12. The summed E-state index contributed by atoms with van der Waals surface area (Å²) in [4.78, 5) is 7.36. The van der Waals surface area contributed by atoms with Crippen molar-refractivity contribution in [3.63, 3.8) is 0 Å². The fourth-order valence-corrected chi connectivity index (χ4v) is 4.79. The molecule has 1 aliphatic rings. The predicted molar refractivity (Wildman–Crippen MR) is 106 cm³/mol. The van der Waals surface area contributed by atoms with Crippen LogP contribution in [-0.4, -0.2) is 37.2 Å². The molecule has 5 heteroatoms. The van der Waals surface area contributed by atoms with E-state index in [1.165, 1.54) is 15.3 Å². The van der Waals surface area contributed by atoms with E-state index in [0.717, 1.165) is 49.5 Å². The van der Waals surface area contributed by atoms with Crippen molar-refractivity contribution in [1.29, 1.82) is 0 Å². The fraction of sp³-hybridized carbons (Fsp3) is 0.381. The van der Waals surface area contributed by atoms with Crippen molar-refractivity contribution in [3.05, 3.63) is 53.0 Å². The Balaban J connectivity index is 1.42. The standard InChI is InChI=1S/C21H24N2O2S/c1-24-17-7-8-19(25-2)16(13-17)14-23-11-9-15(10-12-23)21-22-18-5-3-4-6-20(18)26-21/h3-8,13,15H,9-12,14H2,1-2H3. The number of benzene rings is 2. The van der Waals surface area contributed by atoms with Gasteiger partial charge in [0, 0.05) is 18.0 Å². The minimum absolute atomic E-state index is 0.579. The van der Waals surface area contributed by atoms with E-state index in [4.69, 9.17) is 14.5 Å². The Morgan fingerprint density at radius 2 is 1.88 bits per heavy atom. The first-order valence-electron chi connectivity index (χ1n) is 9.05. The van der Waals surface area contributed by atoms with Crippen LogP contribution in [-0.2, 0) is 6.54 Å². The highest BCUT2D eigenvalue weighted by molar-refractivity contribution is 7.18. The summed E-state index contributed by atoms with van der Waals surface area (Å²) in [7, 11) is 3.43. The number of likely N-dealkylation sites (tertiary alicyclic amines) is 1. The summed E-state index contributed by atoms with van der Waals surface area (Å²) in [5.74, 6) is 2.39. The van der Waals surface area contributed by atoms with Gasteiger partial charge < -0.3 is 9.47 Å². The van der Waals surface area contributed by atoms with Crippen LogP contribution in [0.4, 0.5) is 0 Å². The van der Waals surface area contributed by atoms with E-state index >= 15 is 0 Å². The second-order valence-electron chi connectivity index (χ2n) is 6.75. The number of hydrogen-bond acceptors (Lipinski definition) is 5. The van der Waals surface area contributed by atoms with Gasteiger partial charge in [-0.3, -0.25) is 4.90 Å². The van der Waals surface area contributed by atoms with Gasteiger partial charge in [-0.2, -0.15) is 0 Å². The summed E-state index contributed by atoms with van der Waals surface area (Å²) in [5, 5.41) is 1.30. The number of hydrogen-bond donors (Lipinski definition) is 0. The number of thiazole rings is 1. The van der Waals surface area contributed by atoms with Gasteiger partial charge in [0.1, 0.15) is 11.5 Å². The highest BCUT2D eigenvalue weighted by atomic mass is 32.1. The number of methoxy groups -OCH3 is 2. The molecular formula is C21H24N2O2S. The summed E-state index contributed by atoms with van der Waals surface area (Å²) >= 11 is 1.85. The third kappa shape index (κ3) is 3.55. The number of ether oxygens (including phenoxy) is 2. The number of rotatable bonds is 5. The molecule has 0 bridgehead atoms. The van der Waals surface area contributed by atoms with Gasteiger partial charge in [0.05, 0.1) is 29.4 Å². The fourth-order valence-electron chi connectivity index (χ4n) is 3.65. The number of nitrogens with zero attached hydrogens (tertiary/aromatic N) is 2. The Labute approximate surface area is 158 Å². The first-order chi connectivity index (χ1) is 12.8. The minimum atomic E-state index is 0.579. The molecule has 0 spiro atoms. The molecule has 2 aromatic carbocycles. The van der Waals surface area contributed by atoms with Crippen LogP contribution in [0, 0.1) is 0 Å². The topological polar surface area (TPSA) is 34.6 Å². The Morgan fingerprint density at radius 1 is 1.08 bits per heavy atom. The summed E-state index contributed by atoms with van der Waals surface area (Å²) in [6, 6.07) is 14.5. The highest BCUT2D eigenvalue weighted by Gasteiger charge is 2.24. The summed E-state index contributed by atoms with van der Waals surface area (Å²) in [6.45, 7) is 3.06. The molecule has 1 fully saturated rings. The molecule has 3 aromatic rings. The van der Waals surface area contributed by atoms with Gasteiger partial charge in [-0.05, 0) is 56.3 Å². The maximum Gasteiger partial charge on any atom is 0.123 e. The van der Waals surface area contributed by atoms with Crippen molar-refractivity contribution >= 4 is 21.6 Å². The van der Waals surface area contributed by atoms with Gasteiger partial charge in [0.15, 0.2) is 0 Å². The van der Waals surface area contributed by atoms with Crippen molar-refractivity contribution in [3.8, 4) is 11.5 Å². The molecule has 0 unspecified atom stereocenters. The molecule has 0 amide bonds. The Morgan fingerprint density at radius 3 is 2.62 bits per heavy atom. The van der Waals surface area contributed by atoms with Gasteiger partial charge in [0.2, 0.25) is 0 Å². The molecule has 1 aliphatic heterocycles. The Hall–Kier alpha value is -2.11. The zero-order chi connectivity index (χ0) is 17.9. The maximum absolute atomic E-state index is 5.52. The van der Waals surface area contributed by atoms with E-state index in [1.54, 1.807) is 14.2 Å². The van der Waals surface area contributed by atoms with Crippen LogP contribution in [0.25, 0.3) is 10.2 Å². The Bertz CT molecular complexity index is 852. The molecule has 0 saturated carbocycles. The van der Waals surface area contributed by atoms with Crippen LogP contribution in [0.1, 0.15) is 29.3 Å². The first kappa shape index (κ1) is 17.3. The van der Waals surface area contributed by atoms with Crippen LogP contribution in [0.15, 0.2) is 42.5 Å². The summed E-state index contributed by atoms with van der Waals surface area (Å²) in [5.41, 5.74) is 2.32. The molecule has 26 heavy (non-hydrogen) atoms. The summed E-state index contributed by atoms with van der Waals surface area (Å²) < 4.78 is 12.2. The molecule has 1 saturated heterocycles. The van der Waals surface area contributed by atoms with Crippen molar-refractivity contribution < 1.29 is 9.47 Å². The highest BCUT2D eigenvalue weighted by Crippen LogP contribution is 2.34. The number of piperidine rings is 1. The molecule has 0 N–H and O–H groups in total. The van der Waals surface area contributed by atoms with Crippen molar-refractivity contribution in [2.75, 3.05) is 27.3 Å². The molecular weight excluding hydrogens is 344 g/mol. The summed E-state index contributed by atoms with van der Waals surface area (Å²) in [6.07, 6.45) is 2.32. The van der Waals surface area contributed by atoms with E-state index in [-0.39, 0.29) is 0 Å². The van der Waals surface area contributed by atoms with Crippen LogP contribution >= 0.6 is 11.3 Å². The number of para-hydroxylation sites is 1. The van der Waals surface area contributed by atoms with Crippen molar-refractivity contribution in [2.24, 2.45) is 0 Å². The minimum Gasteiger partial charge on any atom is -0.497 e. The molecule has 0 aliphatic carbocycles. The van der Waals surface area contributed by atoms with Gasteiger partial charge in [0.25, 0.3) is 0 Å². The molecule has 2 heterocycles.